The van der Waals surface area contributed by atoms with Gasteiger partial charge in [-0.25, -0.2) is 0 Å². The molecule has 1 aliphatic rings. The van der Waals surface area contributed by atoms with Crippen molar-refractivity contribution < 1.29 is 15.0 Å². The molecule has 5 nitrogen and oxygen atoms in total. The highest BCUT2D eigenvalue weighted by molar-refractivity contribution is 5.94. The molecule has 0 radical (unpaired) electrons. The number of aliphatic hydroxyl groups excluding tert-OH is 1. The summed E-state index contributed by atoms with van der Waals surface area (Å²) in [7, 11) is 0. The molecule has 2 N–H and O–H groups in total. The first-order chi connectivity index (χ1) is 9.52. The third kappa shape index (κ3) is 3.56. The van der Waals surface area contributed by atoms with Gasteiger partial charge in [0.15, 0.2) is 0 Å². The van der Waals surface area contributed by atoms with Gasteiger partial charge in [-0.15, -0.1) is 0 Å². The largest absolute Gasteiger partial charge is 0.388 e. The van der Waals surface area contributed by atoms with Crippen molar-refractivity contribution in [2.45, 2.75) is 25.4 Å². The summed E-state index contributed by atoms with van der Waals surface area (Å²) >= 11 is 0. The van der Waals surface area contributed by atoms with Crippen LogP contribution in [0.2, 0.25) is 0 Å². The van der Waals surface area contributed by atoms with Crippen LogP contribution in [0.3, 0.4) is 0 Å². The zero-order valence-electron chi connectivity index (χ0n) is 11.5. The van der Waals surface area contributed by atoms with E-state index in [9.17, 15) is 9.90 Å². The molecule has 0 aromatic carbocycles. The fourth-order valence-corrected chi connectivity index (χ4v) is 2.34. The van der Waals surface area contributed by atoms with Gasteiger partial charge in [0.2, 0.25) is 0 Å². The lowest BCUT2D eigenvalue weighted by atomic mass is 9.95. The zero-order valence-corrected chi connectivity index (χ0v) is 11.5. The van der Waals surface area contributed by atoms with Crippen molar-refractivity contribution >= 4 is 5.91 Å². The highest BCUT2D eigenvalue weighted by Gasteiger charge is 2.31. The van der Waals surface area contributed by atoms with E-state index >= 15 is 0 Å². The van der Waals surface area contributed by atoms with Crippen LogP contribution in [-0.2, 0) is 0 Å². The number of nitrogens with zero attached hydrogens (tertiary/aromatic N) is 2. The first-order valence-electron chi connectivity index (χ1n) is 6.58. The molecular formula is C15H18N2O3. The molecule has 0 spiro atoms. The summed E-state index contributed by atoms with van der Waals surface area (Å²) in [6.45, 7) is 2.49. The third-order valence-corrected chi connectivity index (χ3v) is 3.26. The Hall–Kier alpha value is -1.90. The van der Waals surface area contributed by atoms with E-state index in [2.05, 4.69) is 16.8 Å². The van der Waals surface area contributed by atoms with Crippen LogP contribution in [-0.4, -0.2) is 51.3 Å². The average Bonchev–Trinajstić information content (AvgIpc) is 2.43. The molecule has 1 atom stereocenters. The summed E-state index contributed by atoms with van der Waals surface area (Å²) < 4.78 is 0. The maximum Gasteiger partial charge on any atom is 0.255 e. The van der Waals surface area contributed by atoms with Crippen molar-refractivity contribution in [2.75, 3.05) is 19.7 Å². The maximum atomic E-state index is 12.4. The summed E-state index contributed by atoms with van der Waals surface area (Å²) in [5, 5.41) is 18.7. The number of aromatic nitrogens is 1. The number of pyridine rings is 1. The molecule has 1 amide bonds. The molecule has 106 valence electrons. The molecule has 0 saturated carbocycles. The van der Waals surface area contributed by atoms with Gasteiger partial charge in [-0.2, -0.15) is 0 Å². The number of β-amino-alcohol motifs (C(OH)–C–C–N with tert-alkyl or cyclic N) is 1. The fraction of sp³-hybridized carbons (Fsp3) is 0.467. The molecule has 0 bridgehead atoms. The van der Waals surface area contributed by atoms with Gasteiger partial charge in [0.1, 0.15) is 6.61 Å². The molecule has 0 aliphatic carbocycles. The monoisotopic (exact) mass is 274 g/mol. The lowest BCUT2D eigenvalue weighted by molar-refractivity contribution is -0.0107. The minimum absolute atomic E-state index is 0.148. The predicted molar refractivity (Wildman–Crippen MR) is 74.0 cm³/mol. The molecule has 2 heterocycles. The van der Waals surface area contributed by atoms with Crippen molar-refractivity contribution in [1.82, 2.24) is 9.88 Å². The Morgan fingerprint density at radius 3 is 3.05 bits per heavy atom. The van der Waals surface area contributed by atoms with Crippen LogP contribution < -0.4 is 0 Å². The number of hydrogen-bond acceptors (Lipinski definition) is 4. The van der Waals surface area contributed by atoms with E-state index in [1.54, 1.807) is 24.1 Å². The lowest BCUT2D eigenvalue weighted by Gasteiger charge is -2.36. The van der Waals surface area contributed by atoms with Crippen LogP contribution in [0.1, 0.15) is 35.7 Å². The van der Waals surface area contributed by atoms with E-state index in [4.69, 9.17) is 5.11 Å². The number of likely N-dealkylation sites (tertiary alicyclic amines) is 1. The Bertz CT molecular complexity index is 558. The second-order valence-corrected chi connectivity index (χ2v) is 5.25. The maximum absolute atomic E-state index is 12.4. The van der Waals surface area contributed by atoms with Crippen molar-refractivity contribution in [3.63, 3.8) is 0 Å². The summed E-state index contributed by atoms with van der Waals surface area (Å²) in [6.07, 6.45) is 4.54. The highest BCUT2D eigenvalue weighted by atomic mass is 16.3. The van der Waals surface area contributed by atoms with Gasteiger partial charge >= 0.3 is 0 Å². The molecular weight excluding hydrogens is 256 g/mol. The Balaban J connectivity index is 2.16. The number of piperidine rings is 1. The third-order valence-electron chi connectivity index (χ3n) is 3.26. The minimum atomic E-state index is -0.824. The van der Waals surface area contributed by atoms with Crippen molar-refractivity contribution in [1.29, 1.82) is 0 Å². The first kappa shape index (κ1) is 14.5. The van der Waals surface area contributed by atoms with E-state index in [0.29, 0.717) is 30.6 Å². The Morgan fingerprint density at radius 1 is 1.55 bits per heavy atom. The molecule has 1 aromatic rings. The molecule has 1 aromatic heterocycles. The number of carbonyl (C=O) groups excluding carboxylic acids is 1. The topological polar surface area (TPSA) is 73.7 Å². The molecule has 2 rings (SSSR count). The molecule has 1 aliphatic heterocycles. The number of aliphatic hydroxyl groups is 2. The first-order valence-corrected chi connectivity index (χ1v) is 6.58. The van der Waals surface area contributed by atoms with Gasteiger partial charge in [0.25, 0.3) is 5.91 Å². The fourth-order valence-electron chi connectivity index (χ4n) is 2.34. The van der Waals surface area contributed by atoms with Crippen LogP contribution in [0.15, 0.2) is 18.5 Å². The van der Waals surface area contributed by atoms with E-state index in [1.807, 2.05) is 0 Å². The van der Waals surface area contributed by atoms with Crippen LogP contribution in [0.25, 0.3) is 0 Å². The second-order valence-electron chi connectivity index (χ2n) is 5.25. The zero-order chi connectivity index (χ0) is 14.6. The van der Waals surface area contributed by atoms with Gasteiger partial charge in [-0.1, -0.05) is 11.8 Å². The second kappa shape index (κ2) is 6.04. The number of carbonyl (C=O) groups is 1. The van der Waals surface area contributed by atoms with Gasteiger partial charge < -0.3 is 15.1 Å². The summed E-state index contributed by atoms with van der Waals surface area (Å²) in [4.78, 5) is 18.0. The van der Waals surface area contributed by atoms with Gasteiger partial charge in [0.05, 0.1) is 11.2 Å². The van der Waals surface area contributed by atoms with E-state index in [0.717, 1.165) is 6.42 Å². The summed E-state index contributed by atoms with van der Waals surface area (Å²) in [5.41, 5.74) is 0.219. The lowest BCUT2D eigenvalue weighted by Crippen LogP contribution is -2.48. The normalized spacial score (nSPS) is 22.1. The molecule has 5 heteroatoms. The molecule has 1 unspecified atom stereocenters. The molecule has 1 fully saturated rings. The highest BCUT2D eigenvalue weighted by Crippen LogP contribution is 2.21. The van der Waals surface area contributed by atoms with Gasteiger partial charge in [-0.05, 0) is 25.8 Å². The average molecular weight is 274 g/mol. The van der Waals surface area contributed by atoms with Gasteiger partial charge in [0, 0.05) is 31.0 Å². The smallest absolute Gasteiger partial charge is 0.255 e. The van der Waals surface area contributed by atoms with Gasteiger partial charge in [-0.3, -0.25) is 9.78 Å². The van der Waals surface area contributed by atoms with E-state index in [-0.39, 0.29) is 12.5 Å². The number of rotatable bonds is 1. The Morgan fingerprint density at radius 2 is 2.35 bits per heavy atom. The van der Waals surface area contributed by atoms with Crippen LogP contribution in [0, 0.1) is 11.8 Å². The van der Waals surface area contributed by atoms with Crippen LogP contribution >= 0.6 is 0 Å². The van der Waals surface area contributed by atoms with Crippen LogP contribution in [0.4, 0.5) is 0 Å². The SMILES string of the molecule is CC1(O)CCCN(C(=O)c2cncc(C#CCO)c2)C1. The number of amides is 1. The van der Waals surface area contributed by atoms with E-state index < -0.39 is 5.60 Å². The summed E-state index contributed by atoms with van der Waals surface area (Å²) in [6, 6.07) is 1.65. The Kier molecular flexibility index (Phi) is 4.38. The molecule has 1 saturated heterocycles. The standard InChI is InChI=1S/C15H18N2O3/c1-15(20)5-3-6-17(11-15)14(19)13-8-12(4-2-7-18)9-16-10-13/h8-10,18,20H,3,5-7,11H2,1H3. The van der Waals surface area contributed by atoms with E-state index in [1.165, 1.54) is 6.20 Å². The predicted octanol–water partition coefficient (Wildman–Crippen LogP) is 0.412. The Labute approximate surface area is 118 Å². The minimum Gasteiger partial charge on any atom is -0.388 e. The number of hydrogen-bond donors (Lipinski definition) is 2. The van der Waals surface area contributed by atoms with Crippen molar-refractivity contribution in [3.05, 3.63) is 29.6 Å². The van der Waals surface area contributed by atoms with Crippen LogP contribution in [0.5, 0.6) is 0 Å². The van der Waals surface area contributed by atoms with Crippen molar-refractivity contribution in [3.8, 4) is 11.8 Å². The van der Waals surface area contributed by atoms with Crippen molar-refractivity contribution in [2.24, 2.45) is 0 Å². The molecule has 20 heavy (non-hydrogen) atoms. The summed E-state index contributed by atoms with van der Waals surface area (Å²) in [5.74, 6) is 5.10. The quantitative estimate of drug-likeness (QED) is 0.728.